The second-order valence-electron chi connectivity index (χ2n) is 3.00. The van der Waals surface area contributed by atoms with Gasteiger partial charge in [-0.2, -0.15) is 0 Å². The van der Waals surface area contributed by atoms with Crippen LogP contribution < -0.4 is 5.32 Å². The number of halogens is 6. The minimum absolute atomic E-state index is 0.0908. The molecule has 0 aliphatic carbocycles. The lowest BCUT2D eigenvalue weighted by Gasteiger charge is -2.40. The average Bonchev–Trinajstić information content (AvgIpc) is 2.04. The first kappa shape index (κ1) is 13.5. The van der Waals surface area contributed by atoms with Crippen LogP contribution in [0.25, 0.3) is 0 Å². The van der Waals surface area contributed by atoms with E-state index in [4.69, 9.17) is 0 Å². The van der Waals surface area contributed by atoms with Gasteiger partial charge in [0.1, 0.15) is 10.7 Å². The molecule has 0 aliphatic rings. The van der Waals surface area contributed by atoms with Crippen molar-refractivity contribution in [1.29, 1.82) is 0 Å². The molecular formula is C7H8BrF5N2S. The lowest BCUT2D eigenvalue weighted by atomic mass is 10.4. The van der Waals surface area contributed by atoms with Gasteiger partial charge in [-0.3, -0.25) is 0 Å². The van der Waals surface area contributed by atoms with Gasteiger partial charge in [0, 0.05) is 6.54 Å². The second-order valence-corrected chi connectivity index (χ2v) is 6.26. The van der Waals surface area contributed by atoms with Crippen LogP contribution in [0.2, 0.25) is 0 Å². The number of pyridine rings is 1. The Labute approximate surface area is 97.1 Å². The number of aromatic nitrogens is 1. The first-order valence-corrected chi connectivity index (χ1v) is 6.82. The first-order valence-electron chi connectivity index (χ1n) is 4.07. The molecule has 1 N–H and O–H groups in total. The van der Waals surface area contributed by atoms with E-state index in [-0.39, 0.29) is 16.5 Å². The Bertz CT molecular complexity index is 418. The minimum Gasteiger partial charge on any atom is -0.369 e. The molecule has 16 heavy (non-hydrogen) atoms. The molecule has 0 amide bonds. The van der Waals surface area contributed by atoms with E-state index in [0.29, 0.717) is 12.6 Å². The summed E-state index contributed by atoms with van der Waals surface area (Å²) in [6.07, 6.45) is 0.129. The number of nitrogens with zero attached hydrogens (tertiary/aromatic N) is 1. The summed E-state index contributed by atoms with van der Waals surface area (Å²) in [5.74, 6) is 0.0908. The molecule has 0 saturated carbocycles. The van der Waals surface area contributed by atoms with Crippen LogP contribution in [0.5, 0.6) is 0 Å². The fourth-order valence-corrected chi connectivity index (χ4v) is 2.16. The van der Waals surface area contributed by atoms with Crippen molar-refractivity contribution in [3.8, 4) is 0 Å². The van der Waals surface area contributed by atoms with Gasteiger partial charge in [-0.15, -0.1) is 0 Å². The van der Waals surface area contributed by atoms with Gasteiger partial charge in [0.05, 0.1) is 10.7 Å². The van der Waals surface area contributed by atoms with Crippen LogP contribution in [0.4, 0.5) is 25.2 Å². The van der Waals surface area contributed by atoms with Gasteiger partial charge in [-0.25, -0.2) is 4.98 Å². The molecule has 0 spiro atoms. The zero-order valence-electron chi connectivity index (χ0n) is 7.99. The molecule has 1 rings (SSSR count). The molecule has 2 nitrogen and oxygen atoms in total. The van der Waals surface area contributed by atoms with Crippen LogP contribution in [0, 0.1) is 0 Å². The van der Waals surface area contributed by atoms with Crippen LogP contribution >= 0.6 is 26.2 Å². The number of anilines is 1. The number of nitrogens with one attached hydrogen (secondary N) is 1. The third kappa shape index (κ3) is 3.21. The predicted octanol–water partition coefficient (Wildman–Crippen LogP) is 4.93. The van der Waals surface area contributed by atoms with E-state index in [1.165, 1.54) is 0 Å². The standard InChI is InChI=1S/C7H8BrF5N2S/c1-2-14-7-6(8)3-5(4-15-7)16(9,10,11,12)13/h3-4H,2H2,1H3,(H,14,15). The number of rotatable bonds is 3. The molecule has 1 heterocycles. The highest BCUT2D eigenvalue weighted by Gasteiger charge is 2.65. The van der Waals surface area contributed by atoms with Gasteiger partial charge >= 0.3 is 10.2 Å². The van der Waals surface area contributed by atoms with E-state index in [1.807, 2.05) is 0 Å². The van der Waals surface area contributed by atoms with Crippen molar-refractivity contribution in [3.05, 3.63) is 16.7 Å². The van der Waals surface area contributed by atoms with E-state index in [1.54, 1.807) is 6.92 Å². The molecule has 0 fully saturated rings. The normalized spacial score (nSPS) is 16.4. The van der Waals surface area contributed by atoms with Crippen LogP contribution in [-0.4, -0.2) is 11.5 Å². The van der Waals surface area contributed by atoms with E-state index < -0.39 is 15.1 Å². The number of hydrogen-bond acceptors (Lipinski definition) is 2. The smallest absolute Gasteiger partial charge is 0.311 e. The van der Waals surface area contributed by atoms with Gasteiger partial charge in [0.2, 0.25) is 0 Å². The van der Waals surface area contributed by atoms with Crippen molar-refractivity contribution in [3.63, 3.8) is 0 Å². The fraction of sp³-hybridized carbons (Fsp3) is 0.286. The van der Waals surface area contributed by atoms with E-state index in [2.05, 4.69) is 26.2 Å². The molecule has 94 valence electrons. The zero-order valence-corrected chi connectivity index (χ0v) is 10.4. The van der Waals surface area contributed by atoms with Crippen LogP contribution in [0.1, 0.15) is 6.92 Å². The molecular weight excluding hydrogens is 319 g/mol. The molecule has 0 atom stereocenters. The second kappa shape index (κ2) is 3.22. The molecule has 1 aromatic rings. The molecule has 0 aromatic carbocycles. The van der Waals surface area contributed by atoms with E-state index in [9.17, 15) is 19.4 Å². The molecule has 0 saturated heterocycles. The van der Waals surface area contributed by atoms with Crippen LogP contribution in [0.3, 0.4) is 0 Å². The first-order chi connectivity index (χ1) is 6.94. The Morgan fingerprint density at radius 3 is 2.25 bits per heavy atom. The summed E-state index contributed by atoms with van der Waals surface area (Å²) in [5, 5.41) is 2.62. The summed E-state index contributed by atoms with van der Waals surface area (Å²) in [7, 11) is -9.63. The van der Waals surface area contributed by atoms with Crippen molar-refractivity contribution in [2.24, 2.45) is 0 Å². The molecule has 0 unspecified atom stereocenters. The molecule has 9 heteroatoms. The van der Waals surface area contributed by atoms with Crippen molar-refractivity contribution < 1.29 is 19.4 Å². The largest absolute Gasteiger partial charge is 0.369 e. The summed E-state index contributed by atoms with van der Waals surface area (Å²) < 4.78 is 61.7. The maximum absolute atomic E-state index is 12.4. The highest BCUT2D eigenvalue weighted by molar-refractivity contribution is 9.10. The van der Waals surface area contributed by atoms with Gasteiger partial charge in [-0.05, 0) is 28.9 Å². The molecule has 0 radical (unpaired) electrons. The van der Waals surface area contributed by atoms with E-state index in [0.717, 1.165) is 0 Å². The Balaban J connectivity index is 3.28. The number of hydrogen-bond donors (Lipinski definition) is 1. The summed E-state index contributed by atoms with van der Waals surface area (Å²) in [6.45, 7) is 2.12. The lowest BCUT2D eigenvalue weighted by Crippen LogP contribution is -2.08. The maximum atomic E-state index is 12.4. The van der Waals surface area contributed by atoms with Gasteiger partial charge < -0.3 is 5.32 Å². The average molecular weight is 327 g/mol. The topological polar surface area (TPSA) is 24.9 Å². The van der Waals surface area contributed by atoms with E-state index >= 15 is 0 Å². The van der Waals surface area contributed by atoms with Crippen LogP contribution in [-0.2, 0) is 0 Å². The summed E-state index contributed by atoms with van der Waals surface area (Å²) >= 11 is 2.75. The Kier molecular flexibility index (Phi) is 2.72. The third-order valence-electron chi connectivity index (χ3n) is 1.61. The lowest BCUT2D eigenvalue weighted by molar-refractivity contribution is 0.363. The Morgan fingerprint density at radius 2 is 1.88 bits per heavy atom. The zero-order chi connectivity index (χ0) is 12.7. The van der Waals surface area contributed by atoms with Crippen molar-refractivity contribution in [2.45, 2.75) is 11.8 Å². The third-order valence-corrected chi connectivity index (χ3v) is 3.32. The predicted molar refractivity (Wildman–Crippen MR) is 57.5 cm³/mol. The van der Waals surface area contributed by atoms with Gasteiger partial charge in [0.15, 0.2) is 0 Å². The molecule has 0 bridgehead atoms. The molecule has 0 aliphatic heterocycles. The van der Waals surface area contributed by atoms with Gasteiger partial charge in [0.25, 0.3) is 0 Å². The van der Waals surface area contributed by atoms with Crippen LogP contribution in [0.15, 0.2) is 21.6 Å². The summed E-state index contributed by atoms with van der Waals surface area (Å²) in [6, 6.07) is 0.326. The summed E-state index contributed by atoms with van der Waals surface area (Å²) in [5.41, 5.74) is 0. The van der Waals surface area contributed by atoms with Crippen molar-refractivity contribution >= 4 is 32.0 Å². The minimum atomic E-state index is -9.63. The van der Waals surface area contributed by atoms with Crippen molar-refractivity contribution in [1.82, 2.24) is 4.98 Å². The maximum Gasteiger partial charge on any atom is 0.311 e. The van der Waals surface area contributed by atoms with Crippen molar-refractivity contribution in [2.75, 3.05) is 11.9 Å². The summed E-state index contributed by atoms with van der Waals surface area (Å²) in [4.78, 5) is 1.29. The Hall–Kier alpha value is -0.570. The highest BCUT2D eigenvalue weighted by Crippen LogP contribution is 3.02. The SMILES string of the molecule is CCNc1ncc(S(F)(F)(F)(F)F)cc1Br. The monoisotopic (exact) mass is 326 g/mol. The Morgan fingerprint density at radius 1 is 1.31 bits per heavy atom. The fourth-order valence-electron chi connectivity index (χ4n) is 0.929. The van der Waals surface area contributed by atoms with Gasteiger partial charge in [-0.1, -0.05) is 19.4 Å². The molecule has 1 aromatic heterocycles. The quantitative estimate of drug-likeness (QED) is 0.796. The highest BCUT2D eigenvalue weighted by atomic mass is 79.9.